The van der Waals surface area contributed by atoms with Crippen molar-refractivity contribution in [1.82, 2.24) is 4.98 Å². The minimum Gasteiger partial charge on any atom is -0.483 e. The van der Waals surface area contributed by atoms with E-state index in [2.05, 4.69) is 15.0 Å². The fourth-order valence-corrected chi connectivity index (χ4v) is 2.41. The number of carbonyl (C=O) groups excluding carboxylic acids is 1. The summed E-state index contributed by atoms with van der Waals surface area (Å²) in [5.41, 5.74) is -3.23. The average molecular weight is 415 g/mol. The number of nitro groups is 1. The van der Waals surface area contributed by atoms with Crippen LogP contribution >= 0.6 is 11.3 Å². The Morgan fingerprint density at radius 1 is 1.22 bits per heavy atom. The van der Waals surface area contributed by atoms with Crippen molar-refractivity contribution in [3.63, 3.8) is 0 Å². The molecular formula is C13H7F6N3O4S. The zero-order valence-corrected chi connectivity index (χ0v) is 13.5. The van der Waals surface area contributed by atoms with Gasteiger partial charge in [-0.2, -0.15) is 26.3 Å². The number of ether oxygens (including phenoxy) is 1. The lowest BCUT2D eigenvalue weighted by atomic mass is 10.1. The minimum absolute atomic E-state index is 0.128. The maximum atomic E-state index is 12.9. The Hall–Kier alpha value is -2.90. The Balaban J connectivity index is 2.12. The van der Waals surface area contributed by atoms with Crippen LogP contribution in [0.25, 0.3) is 0 Å². The molecule has 7 nitrogen and oxygen atoms in total. The van der Waals surface area contributed by atoms with E-state index < -0.39 is 46.7 Å². The number of halogens is 6. The van der Waals surface area contributed by atoms with Crippen molar-refractivity contribution in [2.75, 3.05) is 11.9 Å². The van der Waals surface area contributed by atoms with Crippen molar-refractivity contribution in [3.8, 4) is 5.75 Å². The van der Waals surface area contributed by atoms with Crippen molar-refractivity contribution in [2.24, 2.45) is 0 Å². The number of hydrogen-bond acceptors (Lipinski definition) is 6. The van der Waals surface area contributed by atoms with E-state index in [-0.39, 0.29) is 16.2 Å². The van der Waals surface area contributed by atoms with Gasteiger partial charge in [0.2, 0.25) is 0 Å². The van der Waals surface area contributed by atoms with Crippen LogP contribution in [0.15, 0.2) is 24.4 Å². The van der Waals surface area contributed by atoms with Crippen molar-refractivity contribution in [1.29, 1.82) is 0 Å². The highest BCUT2D eigenvalue weighted by atomic mass is 32.1. The molecule has 0 bridgehead atoms. The van der Waals surface area contributed by atoms with E-state index >= 15 is 0 Å². The van der Waals surface area contributed by atoms with E-state index in [4.69, 9.17) is 0 Å². The number of amides is 1. The highest BCUT2D eigenvalue weighted by Crippen LogP contribution is 2.40. The number of hydrogen-bond donors (Lipinski definition) is 1. The van der Waals surface area contributed by atoms with Crippen molar-refractivity contribution >= 4 is 27.4 Å². The highest BCUT2D eigenvalue weighted by Gasteiger charge is 2.39. The second kappa shape index (κ2) is 7.38. The smallest absolute Gasteiger partial charge is 0.419 e. The molecule has 27 heavy (non-hydrogen) atoms. The van der Waals surface area contributed by atoms with Gasteiger partial charge in [-0.25, -0.2) is 4.98 Å². The van der Waals surface area contributed by atoms with Crippen LogP contribution in [0.3, 0.4) is 0 Å². The molecule has 14 heteroatoms. The van der Waals surface area contributed by atoms with Gasteiger partial charge in [0.1, 0.15) is 11.9 Å². The van der Waals surface area contributed by atoms with E-state index in [1.807, 2.05) is 0 Å². The van der Waals surface area contributed by atoms with Crippen LogP contribution in [0, 0.1) is 10.1 Å². The number of thiazole rings is 1. The Labute approximate surface area is 149 Å². The third-order valence-electron chi connectivity index (χ3n) is 2.89. The fraction of sp³-hybridized carbons (Fsp3) is 0.231. The molecule has 1 heterocycles. The third-order valence-corrected chi connectivity index (χ3v) is 3.76. The first-order chi connectivity index (χ1) is 12.4. The van der Waals surface area contributed by atoms with Crippen LogP contribution in [0.4, 0.5) is 36.5 Å². The predicted molar refractivity (Wildman–Crippen MR) is 79.3 cm³/mol. The molecule has 1 N–H and O–H groups in total. The third kappa shape index (κ3) is 5.29. The summed E-state index contributed by atoms with van der Waals surface area (Å²) in [4.78, 5) is 24.9. The maximum absolute atomic E-state index is 12.9. The second-order valence-electron chi connectivity index (χ2n) is 4.80. The first-order valence-electron chi connectivity index (χ1n) is 6.69. The largest absolute Gasteiger partial charge is 0.483 e. The van der Waals surface area contributed by atoms with Crippen LogP contribution in [-0.4, -0.2) is 22.4 Å². The topological polar surface area (TPSA) is 94.4 Å². The molecule has 0 radical (unpaired) electrons. The molecule has 0 fully saturated rings. The van der Waals surface area contributed by atoms with Crippen LogP contribution in [0.1, 0.15) is 11.1 Å². The molecule has 1 amide bonds. The summed E-state index contributed by atoms with van der Waals surface area (Å²) >= 11 is 0.500. The SMILES string of the molecule is O=C(COc1ccc(C(F)(F)F)cc1C(F)(F)F)Nc1ncc([N+](=O)[O-])s1. The van der Waals surface area contributed by atoms with Gasteiger partial charge >= 0.3 is 17.4 Å². The minimum atomic E-state index is -5.15. The number of aromatic nitrogens is 1. The predicted octanol–water partition coefficient (Wildman–Crippen LogP) is 4.11. The fourth-order valence-electron chi connectivity index (χ4n) is 1.76. The van der Waals surface area contributed by atoms with Gasteiger partial charge < -0.3 is 4.74 Å². The maximum Gasteiger partial charge on any atom is 0.419 e. The summed E-state index contributed by atoms with van der Waals surface area (Å²) in [6, 6.07) is 0.706. The molecule has 146 valence electrons. The Morgan fingerprint density at radius 3 is 2.41 bits per heavy atom. The summed E-state index contributed by atoms with van der Waals surface area (Å²) < 4.78 is 81.2. The summed E-state index contributed by atoms with van der Waals surface area (Å²) in [7, 11) is 0. The van der Waals surface area contributed by atoms with Gasteiger partial charge in [-0.15, -0.1) is 0 Å². The number of nitrogens with one attached hydrogen (secondary N) is 1. The van der Waals surface area contributed by atoms with Crippen LogP contribution in [0.5, 0.6) is 5.75 Å². The van der Waals surface area contributed by atoms with E-state index in [1.54, 1.807) is 0 Å². The molecule has 0 saturated carbocycles. The van der Waals surface area contributed by atoms with Gasteiger partial charge in [-0.3, -0.25) is 20.2 Å². The number of rotatable bonds is 5. The van der Waals surface area contributed by atoms with E-state index in [1.165, 1.54) is 0 Å². The Bertz CT molecular complexity index is 864. The first-order valence-corrected chi connectivity index (χ1v) is 7.51. The second-order valence-corrected chi connectivity index (χ2v) is 5.81. The highest BCUT2D eigenvalue weighted by molar-refractivity contribution is 7.18. The number of nitrogens with zero attached hydrogens (tertiary/aromatic N) is 2. The van der Waals surface area contributed by atoms with Gasteiger partial charge in [0.25, 0.3) is 5.91 Å². The first kappa shape index (κ1) is 20.4. The van der Waals surface area contributed by atoms with E-state index in [0.29, 0.717) is 23.5 Å². The van der Waals surface area contributed by atoms with Crippen molar-refractivity contribution in [3.05, 3.63) is 45.6 Å². The molecular weight excluding hydrogens is 408 g/mol. The number of benzene rings is 1. The summed E-state index contributed by atoms with van der Waals surface area (Å²) in [6.45, 7) is -0.984. The number of carbonyl (C=O) groups is 1. The zero-order chi connectivity index (χ0) is 20.4. The van der Waals surface area contributed by atoms with Gasteiger partial charge in [-0.1, -0.05) is 0 Å². The van der Waals surface area contributed by atoms with Crippen molar-refractivity contribution in [2.45, 2.75) is 12.4 Å². The molecule has 0 aliphatic carbocycles. The van der Waals surface area contributed by atoms with Gasteiger partial charge in [-0.05, 0) is 29.5 Å². The van der Waals surface area contributed by atoms with Gasteiger partial charge in [0.05, 0.1) is 16.1 Å². The quantitative estimate of drug-likeness (QED) is 0.451. The molecule has 0 aliphatic rings. The van der Waals surface area contributed by atoms with Crippen LogP contribution in [0.2, 0.25) is 0 Å². The molecule has 0 atom stereocenters. The van der Waals surface area contributed by atoms with Crippen molar-refractivity contribution < 1.29 is 40.8 Å². The molecule has 0 spiro atoms. The summed E-state index contributed by atoms with van der Waals surface area (Å²) in [6.07, 6.45) is -9.28. The number of anilines is 1. The van der Waals surface area contributed by atoms with Crippen LogP contribution < -0.4 is 10.1 Å². The summed E-state index contributed by atoms with van der Waals surface area (Å²) in [5, 5.41) is 12.0. The lowest BCUT2D eigenvalue weighted by Gasteiger charge is -2.16. The average Bonchev–Trinajstić information content (AvgIpc) is 2.99. The Morgan fingerprint density at radius 2 is 1.89 bits per heavy atom. The van der Waals surface area contributed by atoms with E-state index in [0.717, 1.165) is 6.20 Å². The zero-order valence-electron chi connectivity index (χ0n) is 12.7. The molecule has 0 aliphatic heterocycles. The molecule has 1 aromatic carbocycles. The molecule has 0 unspecified atom stereocenters. The monoisotopic (exact) mass is 415 g/mol. The van der Waals surface area contributed by atoms with E-state index in [9.17, 15) is 41.3 Å². The molecule has 1 aromatic heterocycles. The molecule has 0 saturated heterocycles. The van der Waals surface area contributed by atoms with Gasteiger partial charge in [0, 0.05) is 0 Å². The standard InChI is InChI=1S/C13H7F6N3O4S/c14-12(15,16)6-1-2-8(7(3-6)13(17,18)19)26-5-9(23)21-11-20-4-10(27-11)22(24)25/h1-4H,5H2,(H,20,21,23). The Kier molecular flexibility index (Phi) is 5.58. The normalized spacial score (nSPS) is 11.9. The number of alkyl halides is 6. The lowest BCUT2D eigenvalue weighted by Crippen LogP contribution is -2.21. The molecule has 2 rings (SSSR count). The lowest BCUT2D eigenvalue weighted by molar-refractivity contribution is -0.380. The van der Waals surface area contributed by atoms with Gasteiger partial charge in [0.15, 0.2) is 11.7 Å². The van der Waals surface area contributed by atoms with Crippen LogP contribution in [-0.2, 0) is 17.1 Å². The summed E-state index contributed by atoms with van der Waals surface area (Å²) in [5.74, 6) is -1.98. The molecule has 2 aromatic rings.